The Balaban J connectivity index is 2.01. The fraction of sp³-hybridized carbons (Fsp3) is 0.308. The number of hydrogen-bond acceptors (Lipinski definition) is 2. The van der Waals surface area contributed by atoms with E-state index in [0.717, 1.165) is 12.2 Å². The predicted octanol–water partition coefficient (Wildman–Crippen LogP) is 3.62. The largest absolute Gasteiger partial charge is 0.274 e. The lowest BCUT2D eigenvalue weighted by Crippen LogP contribution is -1.99. The van der Waals surface area contributed by atoms with Gasteiger partial charge in [0.25, 0.3) is 0 Å². The maximum absolute atomic E-state index is 4.61. The molecule has 0 radical (unpaired) electrons. The Kier molecular flexibility index (Phi) is 3.62. The van der Waals surface area contributed by atoms with Crippen molar-refractivity contribution in [1.82, 2.24) is 0 Å². The molecule has 0 fully saturated rings. The summed E-state index contributed by atoms with van der Waals surface area (Å²) < 4.78 is 0. The second kappa shape index (κ2) is 5.17. The third-order valence-corrected chi connectivity index (χ3v) is 3.51. The SMILES string of the molecule is CC[C@@H]1CSC(/C=C/c2ccccc2)=N1. The second-order valence-corrected chi connectivity index (χ2v) is 4.62. The summed E-state index contributed by atoms with van der Waals surface area (Å²) in [6.45, 7) is 2.19. The van der Waals surface area contributed by atoms with Crippen LogP contribution in [0.4, 0.5) is 0 Å². The van der Waals surface area contributed by atoms with E-state index >= 15 is 0 Å². The average Bonchev–Trinajstić information content (AvgIpc) is 2.76. The Labute approximate surface area is 95.3 Å². The highest BCUT2D eigenvalue weighted by Gasteiger charge is 2.13. The van der Waals surface area contributed by atoms with Crippen LogP contribution >= 0.6 is 11.8 Å². The number of benzene rings is 1. The van der Waals surface area contributed by atoms with Crippen molar-refractivity contribution >= 4 is 22.9 Å². The number of hydrogen-bond donors (Lipinski definition) is 0. The quantitative estimate of drug-likeness (QED) is 0.753. The van der Waals surface area contributed by atoms with Crippen molar-refractivity contribution in [1.29, 1.82) is 0 Å². The second-order valence-electron chi connectivity index (χ2n) is 3.58. The van der Waals surface area contributed by atoms with Crippen molar-refractivity contribution < 1.29 is 0 Å². The topological polar surface area (TPSA) is 12.4 Å². The molecule has 1 heterocycles. The van der Waals surface area contributed by atoms with Crippen LogP contribution in [-0.4, -0.2) is 16.8 Å². The molecule has 0 amide bonds. The third-order valence-electron chi connectivity index (χ3n) is 2.42. The summed E-state index contributed by atoms with van der Waals surface area (Å²) in [6, 6.07) is 10.9. The fourth-order valence-electron chi connectivity index (χ4n) is 1.47. The van der Waals surface area contributed by atoms with Gasteiger partial charge in [-0.3, -0.25) is 4.99 Å². The molecule has 1 nitrogen and oxygen atoms in total. The molecule has 1 atom stereocenters. The molecule has 0 saturated heterocycles. The van der Waals surface area contributed by atoms with Gasteiger partial charge >= 0.3 is 0 Å². The van der Waals surface area contributed by atoms with Crippen LogP contribution in [-0.2, 0) is 0 Å². The molecule has 0 N–H and O–H groups in total. The van der Waals surface area contributed by atoms with Gasteiger partial charge in [-0.15, -0.1) is 11.8 Å². The Morgan fingerprint density at radius 2 is 2.13 bits per heavy atom. The van der Waals surface area contributed by atoms with Gasteiger partial charge in [0, 0.05) is 5.75 Å². The van der Waals surface area contributed by atoms with Gasteiger partial charge in [0.05, 0.1) is 11.1 Å². The number of nitrogens with zero attached hydrogens (tertiary/aromatic N) is 1. The zero-order chi connectivity index (χ0) is 10.5. The Morgan fingerprint density at radius 3 is 2.80 bits per heavy atom. The average molecular weight is 217 g/mol. The summed E-state index contributed by atoms with van der Waals surface area (Å²) in [5, 5.41) is 1.17. The highest BCUT2D eigenvalue weighted by Crippen LogP contribution is 2.21. The van der Waals surface area contributed by atoms with E-state index in [4.69, 9.17) is 0 Å². The van der Waals surface area contributed by atoms with Crippen LogP contribution in [0, 0.1) is 0 Å². The molecular formula is C13H15NS. The lowest BCUT2D eigenvalue weighted by atomic mass is 10.2. The molecule has 15 heavy (non-hydrogen) atoms. The van der Waals surface area contributed by atoms with E-state index in [2.05, 4.69) is 48.3 Å². The molecule has 2 heteroatoms. The van der Waals surface area contributed by atoms with Crippen molar-refractivity contribution in [3.05, 3.63) is 42.0 Å². The van der Waals surface area contributed by atoms with Gasteiger partial charge in [-0.2, -0.15) is 0 Å². The minimum atomic E-state index is 0.533. The summed E-state index contributed by atoms with van der Waals surface area (Å²) in [5.74, 6) is 1.14. The molecule has 1 aromatic rings. The highest BCUT2D eigenvalue weighted by molar-refractivity contribution is 8.14. The zero-order valence-corrected chi connectivity index (χ0v) is 9.70. The summed E-state index contributed by atoms with van der Waals surface area (Å²) in [5.41, 5.74) is 1.24. The first-order valence-corrected chi connectivity index (χ1v) is 6.31. The van der Waals surface area contributed by atoms with Crippen LogP contribution in [0.2, 0.25) is 0 Å². The lowest BCUT2D eigenvalue weighted by molar-refractivity contribution is 0.738. The van der Waals surface area contributed by atoms with Gasteiger partial charge in [0.2, 0.25) is 0 Å². The van der Waals surface area contributed by atoms with Gasteiger partial charge < -0.3 is 0 Å². The summed E-state index contributed by atoms with van der Waals surface area (Å²) in [4.78, 5) is 4.61. The maximum Gasteiger partial charge on any atom is 0.0909 e. The molecular weight excluding hydrogens is 202 g/mol. The van der Waals surface area contributed by atoms with Crippen LogP contribution < -0.4 is 0 Å². The smallest absolute Gasteiger partial charge is 0.0909 e. The molecule has 0 aliphatic carbocycles. The number of rotatable bonds is 3. The van der Waals surface area contributed by atoms with E-state index in [1.807, 2.05) is 17.8 Å². The highest BCUT2D eigenvalue weighted by atomic mass is 32.2. The zero-order valence-electron chi connectivity index (χ0n) is 8.89. The van der Waals surface area contributed by atoms with Crippen molar-refractivity contribution in [3.8, 4) is 0 Å². The normalized spacial score (nSPS) is 20.9. The minimum absolute atomic E-state index is 0.533. The van der Waals surface area contributed by atoms with E-state index in [1.54, 1.807) is 0 Å². The maximum atomic E-state index is 4.61. The van der Waals surface area contributed by atoms with E-state index in [1.165, 1.54) is 10.6 Å². The van der Waals surface area contributed by atoms with E-state index < -0.39 is 0 Å². The first-order valence-electron chi connectivity index (χ1n) is 5.32. The molecule has 0 spiro atoms. The van der Waals surface area contributed by atoms with Gasteiger partial charge in [-0.1, -0.05) is 43.3 Å². The summed E-state index contributed by atoms with van der Waals surface area (Å²) in [7, 11) is 0. The molecule has 1 aromatic carbocycles. The van der Waals surface area contributed by atoms with E-state index in [9.17, 15) is 0 Å². The molecule has 1 aliphatic heterocycles. The lowest BCUT2D eigenvalue weighted by Gasteiger charge is -1.95. The first-order chi connectivity index (χ1) is 7.38. The van der Waals surface area contributed by atoms with Crippen LogP contribution in [0.5, 0.6) is 0 Å². The molecule has 2 rings (SSSR count). The van der Waals surface area contributed by atoms with Crippen LogP contribution in [0.1, 0.15) is 18.9 Å². The third kappa shape index (κ3) is 2.96. The van der Waals surface area contributed by atoms with Crippen LogP contribution in [0.15, 0.2) is 41.4 Å². The molecule has 0 aromatic heterocycles. The summed E-state index contributed by atoms with van der Waals surface area (Å²) >= 11 is 1.86. The van der Waals surface area contributed by atoms with E-state index in [0.29, 0.717) is 6.04 Å². The van der Waals surface area contributed by atoms with Crippen LogP contribution in [0.25, 0.3) is 6.08 Å². The minimum Gasteiger partial charge on any atom is -0.274 e. The van der Waals surface area contributed by atoms with Crippen LogP contribution in [0.3, 0.4) is 0 Å². The number of thioether (sulfide) groups is 1. The summed E-state index contributed by atoms with van der Waals surface area (Å²) in [6.07, 6.45) is 5.40. The molecule has 0 bridgehead atoms. The Hall–Kier alpha value is -1.02. The predicted molar refractivity (Wildman–Crippen MR) is 69.4 cm³/mol. The van der Waals surface area contributed by atoms with Gasteiger partial charge in [0.1, 0.15) is 0 Å². The molecule has 1 aliphatic rings. The van der Waals surface area contributed by atoms with Crippen molar-refractivity contribution in [2.75, 3.05) is 5.75 Å². The fourth-order valence-corrected chi connectivity index (χ4v) is 2.53. The van der Waals surface area contributed by atoms with E-state index in [-0.39, 0.29) is 0 Å². The van der Waals surface area contributed by atoms with Crippen molar-refractivity contribution in [2.45, 2.75) is 19.4 Å². The molecule has 0 unspecified atom stereocenters. The van der Waals surface area contributed by atoms with Crippen molar-refractivity contribution in [2.24, 2.45) is 4.99 Å². The Morgan fingerprint density at radius 1 is 1.33 bits per heavy atom. The molecule has 0 saturated carbocycles. The first kappa shape index (κ1) is 10.5. The van der Waals surface area contributed by atoms with Crippen molar-refractivity contribution in [3.63, 3.8) is 0 Å². The Bertz CT molecular complexity index is 367. The number of aliphatic imine (C=N–C) groups is 1. The van der Waals surface area contributed by atoms with Gasteiger partial charge in [0.15, 0.2) is 0 Å². The monoisotopic (exact) mass is 217 g/mol. The van der Waals surface area contributed by atoms with Gasteiger partial charge in [-0.05, 0) is 18.1 Å². The molecule has 78 valence electrons. The van der Waals surface area contributed by atoms with Gasteiger partial charge in [-0.25, -0.2) is 0 Å². The standard InChI is InChI=1S/C13H15NS/c1-2-12-10-15-13(14-12)9-8-11-6-4-3-5-7-11/h3-9,12H,2,10H2,1H3/b9-8+/t12-/m1/s1.